The van der Waals surface area contributed by atoms with Gasteiger partial charge in [0.15, 0.2) is 0 Å². The molecule has 0 spiro atoms. The summed E-state index contributed by atoms with van der Waals surface area (Å²) < 4.78 is 5.81. The van der Waals surface area contributed by atoms with Crippen molar-refractivity contribution in [3.8, 4) is 0 Å². The predicted molar refractivity (Wildman–Crippen MR) is 116 cm³/mol. The fraction of sp³-hybridized carbons (Fsp3) is 0.524. The van der Waals surface area contributed by atoms with E-state index >= 15 is 0 Å². The minimum absolute atomic E-state index is 0.0451. The van der Waals surface area contributed by atoms with Gasteiger partial charge in [0.05, 0.1) is 23.4 Å². The van der Waals surface area contributed by atoms with Gasteiger partial charge < -0.3 is 10.1 Å². The molecule has 0 saturated carbocycles. The van der Waals surface area contributed by atoms with Crippen molar-refractivity contribution >= 4 is 29.0 Å². The Morgan fingerprint density at radius 3 is 2.86 bits per heavy atom. The van der Waals surface area contributed by atoms with Crippen molar-refractivity contribution in [2.45, 2.75) is 37.5 Å². The molecule has 0 aliphatic carbocycles. The standard InChI is InChI=1S/C21H29N3O2S2/c1-15(2)11-24-8-9-26-19(12-24)10-22-21(25)17-4-6-20(7-5-17)28-14-18-13-27-16(3)23-18/h4-7,13,15,19H,8-12,14H2,1-3H3,(H,22,25)/t19-/m0/s1. The second-order valence-electron chi connectivity index (χ2n) is 7.53. The maximum absolute atomic E-state index is 12.4. The Kier molecular flexibility index (Phi) is 7.91. The van der Waals surface area contributed by atoms with E-state index < -0.39 is 0 Å². The van der Waals surface area contributed by atoms with Gasteiger partial charge in [-0.2, -0.15) is 0 Å². The summed E-state index contributed by atoms with van der Waals surface area (Å²) in [5.41, 5.74) is 1.79. The van der Waals surface area contributed by atoms with Gasteiger partial charge >= 0.3 is 0 Å². The highest BCUT2D eigenvalue weighted by Crippen LogP contribution is 2.23. The zero-order valence-electron chi connectivity index (χ0n) is 16.8. The Morgan fingerprint density at radius 2 is 2.18 bits per heavy atom. The Morgan fingerprint density at radius 1 is 1.39 bits per heavy atom. The molecule has 28 heavy (non-hydrogen) atoms. The third kappa shape index (κ3) is 6.58. The maximum Gasteiger partial charge on any atom is 0.251 e. The molecule has 1 N–H and O–H groups in total. The predicted octanol–water partition coefficient (Wildman–Crippen LogP) is 3.83. The number of aryl methyl sites for hydroxylation is 1. The zero-order valence-corrected chi connectivity index (χ0v) is 18.4. The molecule has 1 saturated heterocycles. The normalized spacial score (nSPS) is 17.8. The number of hydrogen-bond acceptors (Lipinski definition) is 6. The minimum Gasteiger partial charge on any atom is -0.374 e. The van der Waals surface area contributed by atoms with E-state index in [0.717, 1.165) is 47.6 Å². The lowest BCUT2D eigenvalue weighted by Gasteiger charge is -2.33. The van der Waals surface area contributed by atoms with Crippen molar-refractivity contribution < 1.29 is 9.53 Å². The topological polar surface area (TPSA) is 54.5 Å². The van der Waals surface area contributed by atoms with Gasteiger partial charge in [0.2, 0.25) is 0 Å². The molecule has 1 aliphatic rings. The number of benzene rings is 1. The number of carbonyl (C=O) groups is 1. The maximum atomic E-state index is 12.4. The summed E-state index contributed by atoms with van der Waals surface area (Å²) >= 11 is 3.41. The highest BCUT2D eigenvalue weighted by atomic mass is 32.2. The molecule has 1 aromatic heterocycles. The zero-order chi connectivity index (χ0) is 19.9. The number of nitrogens with zero attached hydrogens (tertiary/aromatic N) is 2. The van der Waals surface area contributed by atoms with Crippen molar-refractivity contribution in [3.05, 3.63) is 45.9 Å². The van der Waals surface area contributed by atoms with E-state index in [1.807, 2.05) is 31.2 Å². The first kappa shape index (κ1) is 21.3. The van der Waals surface area contributed by atoms with Gasteiger partial charge in [-0.25, -0.2) is 4.98 Å². The van der Waals surface area contributed by atoms with E-state index in [9.17, 15) is 4.79 Å². The van der Waals surface area contributed by atoms with Crippen molar-refractivity contribution in [1.29, 1.82) is 0 Å². The molecule has 3 rings (SSSR count). The van der Waals surface area contributed by atoms with Gasteiger partial charge in [-0.05, 0) is 37.1 Å². The van der Waals surface area contributed by atoms with Crippen LogP contribution in [0.2, 0.25) is 0 Å². The Hall–Kier alpha value is -1.41. The second kappa shape index (κ2) is 10.4. The summed E-state index contributed by atoms with van der Waals surface area (Å²) in [7, 11) is 0. The van der Waals surface area contributed by atoms with Crippen LogP contribution < -0.4 is 5.32 Å². The Labute approximate surface area is 175 Å². The van der Waals surface area contributed by atoms with Crippen molar-refractivity contribution in [3.63, 3.8) is 0 Å². The van der Waals surface area contributed by atoms with Crippen molar-refractivity contribution in [2.24, 2.45) is 5.92 Å². The van der Waals surface area contributed by atoms with E-state index in [1.54, 1.807) is 23.1 Å². The molecule has 2 heterocycles. The van der Waals surface area contributed by atoms with Crippen LogP contribution in [0.15, 0.2) is 34.5 Å². The number of thiazole rings is 1. The van der Waals surface area contributed by atoms with Crippen LogP contribution in [0.1, 0.15) is 34.9 Å². The molecule has 0 unspecified atom stereocenters. The summed E-state index contributed by atoms with van der Waals surface area (Å²) in [5.74, 6) is 1.45. The highest BCUT2D eigenvalue weighted by molar-refractivity contribution is 7.98. The highest BCUT2D eigenvalue weighted by Gasteiger charge is 2.21. The summed E-state index contributed by atoms with van der Waals surface area (Å²) in [6.07, 6.45) is 0.0628. The number of carbonyl (C=O) groups excluding carboxylic acids is 1. The van der Waals surface area contributed by atoms with E-state index in [0.29, 0.717) is 18.0 Å². The fourth-order valence-electron chi connectivity index (χ4n) is 3.23. The van der Waals surface area contributed by atoms with Gasteiger partial charge in [0.25, 0.3) is 5.91 Å². The van der Waals surface area contributed by atoms with E-state index in [4.69, 9.17) is 4.74 Å². The molecule has 1 fully saturated rings. The van der Waals surface area contributed by atoms with Crippen LogP contribution >= 0.6 is 23.1 Å². The molecule has 1 amide bonds. The molecule has 1 aliphatic heterocycles. The van der Waals surface area contributed by atoms with Crippen LogP contribution in [-0.2, 0) is 10.5 Å². The molecule has 1 aromatic carbocycles. The summed E-state index contributed by atoms with van der Waals surface area (Å²) in [4.78, 5) is 20.5. The van der Waals surface area contributed by atoms with Gasteiger partial charge in [0.1, 0.15) is 0 Å². The van der Waals surface area contributed by atoms with Crippen LogP contribution in [0.3, 0.4) is 0 Å². The Balaban J connectivity index is 1.44. The fourth-order valence-corrected chi connectivity index (χ4v) is 4.74. The average Bonchev–Trinajstić information content (AvgIpc) is 3.10. The van der Waals surface area contributed by atoms with E-state index in [-0.39, 0.29) is 12.0 Å². The average molecular weight is 420 g/mol. The van der Waals surface area contributed by atoms with Crippen LogP contribution in [0.25, 0.3) is 0 Å². The van der Waals surface area contributed by atoms with Crippen LogP contribution in [0.5, 0.6) is 0 Å². The number of ether oxygens (including phenoxy) is 1. The monoisotopic (exact) mass is 419 g/mol. The third-order valence-electron chi connectivity index (χ3n) is 4.51. The largest absolute Gasteiger partial charge is 0.374 e. The number of aromatic nitrogens is 1. The number of morpholine rings is 1. The molecule has 0 radical (unpaired) electrons. The number of thioether (sulfide) groups is 1. The SMILES string of the molecule is Cc1nc(CSc2ccc(C(=O)NC[C@H]3CN(CC(C)C)CCO3)cc2)cs1. The van der Waals surface area contributed by atoms with Crippen LogP contribution in [0.4, 0.5) is 0 Å². The van der Waals surface area contributed by atoms with Gasteiger partial charge in [-0.15, -0.1) is 23.1 Å². The van der Waals surface area contributed by atoms with E-state index in [2.05, 4.69) is 34.4 Å². The first-order chi connectivity index (χ1) is 13.5. The van der Waals surface area contributed by atoms with Gasteiger partial charge in [-0.3, -0.25) is 9.69 Å². The molecule has 5 nitrogen and oxygen atoms in total. The van der Waals surface area contributed by atoms with Crippen molar-refractivity contribution in [2.75, 3.05) is 32.8 Å². The molecule has 2 aromatic rings. The lowest BCUT2D eigenvalue weighted by molar-refractivity contribution is -0.0295. The molecule has 7 heteroatoms. The quantitative estimate of drug-likeness (QED) is 0.659. The number of hydrogen-bond donors (Lipinski definition) is 1. The number of amides is 1. The second-order valence-corrected chi connectivity index (χ2v) is 9.64. The third-order valence-corrected chi connectivity index (χ3v) is 6.37. The summed E-state index contributed by atoms with van der Waals surface area (Å²) in [6, 6.07) is 7.77. The van der Waals surface area contributed by atoms with Crippen LogP contribution in [-0.4, -0.2) is 54.7 Å². The lowest BCUT2D eigenvalue weighted by Crippen LogP contribution is -2.48. The summed E-state index contributed by atoms with van der Waals surface area (Å²) in [6.45, 7) is 10.7. The number of nitrogens with one attached hydrogen (secondary N) is 1. The van der Waals surface area contributed by atoms with Crippen LogP contribution in [0, 0.1) is 12.8 Å². The molecular formula is C21H29N3O2S2. The molecule has 1 atom stereocenters. The summed E-state index contributed by atoms with van der Waals surface area (Å²) in [5, 5.41) is 6.21. The first-order valence-electron chi connectivity index (χ1n) is 9.75. The minimum atomic E-state index is -0.0451. The van der Waals surface area contributed by atoms with Crippen molar-refractivity contribution in [1.82, 2.24) is 15.2 Å². The van der Waals surface area contributed by atoms with E-state index in [1.165, 1.54) is 0 Å². The van der Waals surface area contributed by atoms with Gasteiger partial charge in [0, 0.05) is 47.8 Å². The smallest absolute Gasteiger partial charge is 0.251 e. The Bertz CT molecular complexity index is 761. The molecule has 152 valence electrons. The molecule has 0 bridgehead atoms. The van der Waals surface area contributed by atoms with Gasteiger partial charge in [-0.1, -0.05) is 13.8 Å². The molecular weight excluding hydrogens is 390 g/mol. The first-order valence-corrected chi connectivity index (χ1v) is 11.6. The lowest BCUT2D eigenvalue weighted by atomic mass is 10.1. The number of rotatable bonds is 8.